The molecule has 12 heavy (non-hydrogen) atoms. The maximum absolute atomic E-state index is 11.1. The highest BCUT2D eigenvalue weighted by atomic mass is 79.9. The highest BCUT2D eigenvalue weighted by Gasteiger charge is 2.09. The van der Waals surface area contributed by atoms with Crippen molar-refractivity contribution in [2.45, 2.75) is 18.7 Å². The van der Waals surface area contributed by atoms with Crippen LogP contribution in [0.2, 0.25) is 0 Å². The second kappa shape index (κ2) is 6.78. The van der Waals surface area contributed by atoms with E-state index in [1.54, 1.807) is 11.8 Å². The van der Waals surface area contributed by atoms with Gasteiger partial charge in [-0.05, 0) is 24.9 Å². The number of amides is 1. The van der Waals surface area contributed by atoms with Crippen molar-refractivity contribution in [1.29, 1.82) is 0 Å². The first-order valence-corrected chi connectivity index (χ1v) is 6.29. The van der Waals surface area contributed by atoms with Gasteiger partial charge in [-0.25, -0.2) is 0 Å². The largest absolute Gasteiger partial charge is 0.355 e. The molecule has 0 aromatic rings. The summed E-state index contributed by atoms with van der Waals surface area (Å²) >= 11 is 5.02. The molecule has 0 heterocycles. The van der Waals surface area contributed by atoms with Crippen molar-refractivity contribution in [1.82, 2.24) is 5.32 Å². The van der Waals surface area contributed by atoms with Crippen LogP contribution < -0.4 is 5.32 Å². The summed E-state index contributed by atoms with van der Waals surface area (Å²) < 4.78 is 0. The number of thioether (sulfide) groups is 1. The molecule has 0 aliphatic rings. The molecule has 0 bridgehead atoms. The number of rotatable bonds is 5. The fourth-order valence-electron chi connectivity index (χ4n) is 0.759. The van der Waals surface area contributed by atoms with Crippen LogP contribution >= 0.6 is 27.7 Å². The summed E-state index contributed by atoms with van der Waals surface area (Å²) in [7, 11) is 0. The number of carbonyl (C=O) groups is 1. The van der Waals surface area contributed by atoms with Crippen LogP contribution in [0.3, 0.4) is 0 Å². The molecular weight excluding hydrogens is 238 g/mol. The Balaban J connectivity index is 3.47. The van der Waals surface area contributed by atoms with Crippen LogP contribution in [0, 0.1) is 5.92 Å². The van der Waals surface area contributed by atoms with Gasteiger partial charge in [0.25, 0.3) is 0 Å². The molecule has 0 aromatic heterocycles. The van der Waals surface area contributed by atoms with Crippen LogP contribution in [0.4, 0.5) is 0 Å². The van der Waals surface area contributed by atoms with Crippen LogP contribution in [0.5, 0.6) is 0 Å². The topological polar surface area (TPSA) is 29.1 Å². The SMILES string of the molecule is CSCC(C)CNC(=O)C(C)Br. The van der Waals surface area contributed by atoms with Crippen LogP contribution in [0.1, 0.15) is 13.8 Å². The lowest BCUT2D eigenvalue weighted by Crippen LogP contribution is -2.33. The number of nitrogens with one attached hydrogen (secondary N) is 1. The maximum Gasteiger partial charge on any atom is 0.233 e. The van der Waals surface area contributed by atoms with Crippen molar-refractivity contribution >= 4 is 33.6 Å². The zero-order valence-corrected chi connectivity index (χ0v) is 10.2. The monoisotopic (exact) mass is 253 g/mol. The summed E-state index contributed by atoms with van der Waals surface area (Å²) in [6.45, 7) is 4.74. The van der Waals surface area contributed by atoms with E-state index < -0.39 is 0 Å². The van der Waals surface area contributed by atoms with E-state index in [1.165, 1.54) is 0 Å². The summed E-state index contributed by atoms with van der Waals surface area (Å²) in [5.41, 5.74) is 0. The minimum Gasteiger partial charge on any atom is -0.355 e. The van der Waals surface area contributed by atoms with Gasteiger partial charge in [0, 0.05) is 6.54 Å². The normalized spacial score (nSPS) is 15.3. The summed E-state index contributed by atoms with van der Waals surface area (Å²) in [5.74, 6) is 1.72. The third-order valence-corrected chi connectivity index (χ3v) is 2.76. The van der Waals surface area contributed by atoms with E-state index in [2.05, 4.69) is 34.4 Å². The van der Waals surface area contributed by atoms with E-state index in [9.17, 15) is 4.79 Å². The molecule has 2 nitrogen and oxygen atoms in total. The molecule has 0 fully saturated rings. The highest BCUT2D eigenvalue weighted by molar-refractivity contribution is 9.10. The molecule has 0 radical (unpaired) electrons. The molecule has 1 N–H and O–H groups in total. The molecule has 2 atom stereocenters. The average Bonchev–Trinajstić information content (AvgIpc) is 2.00. The van der Waals surface area contributed by atoms with Crippen LogP contribution in [-0.4, -0.2) is 29.3 Å². The van der Waals surface area contributed by atoms with Gasteiger partial charge in [0.15, 0.2) is 0 Å². The van der Waals surface area contributed by atoms with E-state index in [0.717, 1.165) is 12.3 Å². The number of alkyl halides is 1. The molecule has 0 aromatic carbocycles. The number of carbonyl (C=O) groups excluding carboxylic acids is 1. The lowest BCUT2D eigenvalue weighted by atomic mass is 10.2. The Morgan fingerprint density at radius 3 is 2.58 bits per heavy atom. The first kappa shape index (κ1) is 12.3. The van der Waals surface area contributed by atoms with E-state index in [1.807, 2.05) is 6.92 Å². The number of halogens is 1. The van der Waals surface area contributed by atoms with Gasteiger partial charge in [-0.15, -0.1) is 0 Å². The summed E-state index contributed by atoms with van der Waals surface area (Å²) in [4.78, 5) is 11.0. The second-order valence-electron chi connectivity index (χ2n) is 2.92. The fraction of sp³-hybridized carbons (Fsp3) is 0.875. The van der Waals surface area contributed by atoms with Crippen LogP contribution in [0.25, 0.3) is 0 Å². The van der Waals surface area contributed by atoms with Gasteiger partial charge in [0.2, 0.25) is 5.91 Å². The van der Waals surface area contributed by atoms with Crippen molar-refractivity contribution in [3.63, 3.8) is 0 Å². The summed E-state index contributed by atoms with van der Waals surface area (Å²) in [6.07, 6.45) is 2.07. The first-order chi connectivity index (χ1) is 5.57. The predicted molar refractivity (Wildman–Crippen MR) is 58.9 cm³/mol. The first-order valence-electron chi connectivity index (χ1n) is 3.98. The van der Waals surface area contributed by atoms with Gasteiger partial charge in [-0.1, -0.05) is 22.9 Å². The Hall–Kier alpha value is 0.300. The summed E-state index contributed by atoms with van der Waals surface area (Å²) in [6, 6.07) is 0. The van der Waals surface area contributed by atoms with Gasteiger partial charge in [-0.2, -0.15) is 11.8 Å². The minimum absolute atomic E-state index is 0.0722. The standard InChI is InChI=1S/C8H16BrNOS/c1-6(5-12-3)4-10-8(11)7(2)9/h6-7H,4-5H2,1-3H3,(H,10,11). The predicted octanol–water partition coefficient (Wildman–Crippen LogP) is 1.89. The molecule has 0 rings (SSSR count). The number of hydrogen-bond donors (Lipinski definition) is 1. The molecule has 0 saturated carbocycles. The lowest BCUT2D eigenvalue weighted by molar-refractivity contribution is -0.120. The zero-order valence-electron chi connectivity index (χ0n) is 7.76. The van der Waals surface area contributed by atoms with Crippen molar-refractivity contribution in [3.05, 3.63) is 0 Å². The Morgan fingerprint density at radius 1 is 1.58 bits per heavy atom. The fourth-order valence-corrected chi connectivity index (χ4v) is 1.61. The van der Waals surface area contributed by atoms with Gasteiger partial charge in [-0.3, -0.25) is 4.79 Å². The van der Waals surface area contributed by atoms with Gasteiger partial charge >= 0.3 is 0 Å². The molecule has 0 saturated heterocycles. The summed E-state index contributed by atoms with van der Waals surface area (Å²) in [5, 5.41) is 2.87. The average molecular weight is 254 g/mol. The van der Waals surface area contributed by atoms with E-state index in [4.69, 9.17) is 0 Å². The third-order valence-electron chi connectivity index (χ3n) is 1.44. The van der Waals surface area contributed by atoms with E-state index in [0.29, 0.717) is 5.92 Å². The number of hydrogen-bond acceptors (Lipinski definition) is 2. The Morgan fingerprint density at radius 2 is 2.17 bits per heavy atom. The zero-order chi connectivity index (χ0) is 9.56. The Labute approximate surface area is 87.0 Å². The van der Waals surface area contributed by atoms with E-state index >= 15 is 0 Å². The molecule has 4 heteroatoms. The minimum atomic E-state index is -0.0843. The van der Waals surface area contributed by atoms with Crippen LogP contribution in [-0.2, 0) is 4.79 Å². The molecule has 2 unspecified atom stereocenters. The quantitative estimate of drug-likeness (QED) is 0.759. The molecule has 0 aliphatic heterocycles. The van der Waals surface area contributed by atoms with Gasteiger partial charge in [0.1, 0.15) is 0 Å². The highest BCUT2D eigenvalue weighted by Crippen LogP contribution is 2.03. The smallest absolute Gasteiger partial charge is 0.233 e. The molecular formula is C8H16BrNOS. The lowest BCUT2D eigenvalue weighted by Gasteiger charge is -2.11. The van der Waals surface area contributed by atoms with Crippen molar-refractivity contribution in [3.8, 4) is 0 Å². The molecule has 1 amide bonds. The van der Waals surface area contributed by atoms with Crippen molar-refractivity contribution in [2.75, 3.05) is 18.6 Å². The third kappa shape index (κ3) is 5.89. The Bertz CT molecular complexity index is 141. The van der Waals surface area contributed by atoms with Crippen molar-refractivity contribution in [2.24, 2.45) is 5.92 Å². The second-order valence-corrected chi connectivity index (χ2v) is 5.21. The van der Waals surface area contributed by atoms with Crippen LogP contribution in [0.15, 0.2) is 0 Å². The van der Waals surface area contributed by atoms with E-state index in [-0.39, 0.29) is 10.7 Å². The maximum atomic E-state index is 11.1. The molecule has 0 spiro atoms. The molecule has 72 valence electrons. The van der Waals surface area contributed by atoms with Gasteiger partial charge in [0.05, 0.1) is 4.83 Å². The van der Waals surface area contributed by atoms with Gasteiger partial charge < -0.3 is 5.32 Å². The molecule has 0 aliphatic carbocycles. The van der Waals surface area contributed by atoms with Crippen molar-refractivity contribution < 1.29 is 4.79 Å². The Kier molecular flexibility index (Phi) is 6.95.